The lowest BCUT2D eigenvalue weighted by Crippen LogP contribution is -2.47. The Kier molecular flexibility index (Phi) is 7.98. The number of carbonyl (C=O) groups excluding carboxylic acids is 1. The summed E-state index contributed by atoms with van der Waals surface area (Å²) in [5, 5.41) is 2.83. The maximum absolute atomic E-state index is 11.9. The van der Waals surface area contributed by atoms with Crippen molar-refractivity contribution in [2.75, 3.05) is 25.1 Å². The van der Waals surface area contributed by atoms with E-state index in [4.69, 9.17) is 0 Å². The van der Waals surface area contributed by atoms with Crippen molar-refractivity contribution in [3.63, 3.8) is 0 Å². The highest BCUT2D eigenvalue weighted by atomic mass is 32.2. The zero-order chi connectivity index (χ0) is 14.2. The minimum atomic E-state index is -3.06. The number of hydrogen-bond donors (Lipinski definition) is 1. The molecule has 6 heteroatoms. The molecule has 0 aliphatic heterocycles. The van der Waals surface area contributed by atoms with E-state index in [0.717, 1.165) is 19.3 Å². The average Bonchev–Trinajstić information content (AvgIpc) is 2.23. The number of nitrogens with zero attached hydrogens (tertiary/aromatic N) is 1. The third-order valence-corrected chi connectivity index (χ3v) is 3.82. The second kappa shape index (κ2) is 8.34. The van der Waals surface area contributed by atoms with Crippen molar-refractivity contribution >= 4 is 15.9 Å². The number of nitrogens with one attached hydrogen (secondary N) is 1. The van der Waals surface area contributed by atoms with Crippen LogP contribution in [0.2, 0.25) is 0 Å². The van der Waals surface area contributed by atoms with Gasteiger partial charge >= 0.3 is 6.03 Å². The van der Waals surface area contributed by atoms with Crippen LogP contribution in [0, 0.1) is 0 Å². The van der Waals surface area contributed by atoms with Crippen molar-refractivity contribution in [1.82, 2.24) is 10.2 Å². The Bertz CT molecular complexity index is 341. The van der Waals surface area contributed by atoms with E-state index in [0.29, 0.717) is 13.1 Å². The van der Waals surface area contributed by atoms with Gasteiger partial charge in [0.05, 0.1) is 5.75 Å². The highest BCUT2D eigenvalue weighted by molar-refractivity contribution is 7.90. The van der Waals surface area contributed by atoms with Crippen LogP contribution in [0.4, 0.5) is 4.79 Å². The van der Waals surface area contributed by atoms with Crippen LogP contribution in [0.25, 0.3) is 0 Å². The molecule has 0 saturated carbocycles. The van der Waals surface area contributed by atoms with Crippen molar-refractivity contribution < 1.29 is 13.2 Å². The van der Waals surface area contributed by atoms with E-state index in [1.807, 2.05) is 6.92 Å². The molecule has 0 saturated heterocycles. The summed E-state index contributed by atoms with van der Waals surface area (Å²) in [6.45, 7) is 6.87. The fraction of sp³-hybridized carbons (Fsp3) is 0.917. The molecule has 0 unspecified atom stereocenters. The van der Waals surface area contributed by atoms with Crippen LogP contribution in [0.15, 0.2) is 0 Å². The number of rotatable bonds is 8. The normalized spacial score (nSPS) is 13.1. The molecule has 0 fully saturated rings. The van der Waals surface area contributed by atoms with E-state index in [1.165, 1.54) is 6.26 Å². The fourth-order valence-electron chi connectivity index (χ4n) is 1.86. The Labute approximate surface area is 111 Å². The summed E-state index contributed by atoms with van der Waals surface area (Å²) in [6.07, 6.45) is 4.35. The van der Waals surface area contributed by atoms with Crippen molar-refractivity contribution in [2.24, 2.45) is 0 Å². The average molecular weight is 278 g/mol. The van der Waals surface area contributed by atoms with Crippen molar-refractivity contribution in [3.05, 3.63) is 0 Å². The van der Waals surface area contributed by atoms with Gasteiger partial charge in [0, 0.05) is 25.4 Å². The molecular formula is C12H26N2O3S. The third kappa shape index (κ3) is 7.53. The molecule has 0 aromatic carbocycles. The highest BCUT2D eigenvalue weighted by Crippen LogP contribution is 2.03. The third-order valence-electron chi connectivity index (χ3n) is 2.73. The minimum absolute atomic E-state index is 0.00319. The van der Waals surface area contributed by atoms with Gasteiger partial charge < -0.3 is 10.2 Å². The minimum Gasteiger partial charge on any atom is -0.338 e. The van der Waals surface area contributed by atoms with E-state index >= 15 is 0 Å². The van der Waals surface area contributed by atoms with Crippen LogP contribution in [-0.2, 0) is 9.84 Å². The van der Waals surface area contributed by atoms with Crippen molar-refractivity contribution in [3.8, 4) is 0 Å². The van der Waals surface area contributed by atoms with Crippen LogP contribution < -0.4 is 5.32 Å². The standard InChI is InChI=1S/C12H26N2O3S/c1-5-7-8-9-13-12(15)14(6-2)11(3)10-18(4,16)17/h11H,5-10H2,1-4H3,(H,13,15)/t11-/m0/s1. The zero-order valence-corrected chi connectivity index (χ0v) is 12.7. The largest absolute Gasteiger partial charge is 0.338 e. The first kappa shape index (κ1) is 17.2. The van der Waals surface area contributed by atoms with Crippen molar-refractivity contribution in [1.29, 1.82) is 0 Å². The highest BCUT2D eigenvalue weighted by Gasteiger charge is 2.21. The number of urea groups is 1. The Morgan fingerprint density at radius 1 is 1.28 bits per heavy atom. The molecule has 0 aliphatic carbocycles. The van der Waals surface area contributed by atoms with Gasteiger partial charge in [-0.25, -0.2) is 13.2 Å². The first-order valence-corrected chi connectivity index (χ1v) is 8.60. The van der Waals surface area contributed by atoms with Crippen LogP contribution in [0.3, 0.4) is 0 Å². The fourth-order valence-corrected chi connectivity index (χ4v) is 2.91. The van der Waals surface area contributed by atoms with E-state index in [-0.39, 0.29) is 17.8 Å². The Morgan fingerprint density at radius 2 is 1.89 bits per heavy atom. The maximum atomic E-state index is 11.9. The van der Waals surface area contributed by atoms with Crippen LogP contribution in [0.5, 0.6) is 0 Å². The first-order chi connectivity index (χ1) is 8.31. The quantitative estimate of drug-likeness (QED) is 0.686. The van der Waals surface area contributed by atoms with E-state index in [1.54, 1.807) is 11.8 Å². The Balaban J connectivity index is 4.26. The van der Waals surface area contributed by atoms with Gasteiger partial charge in [-0.2, -0.15) is 0 Å². The molecule has 1 N–H and O–H groups in total. The van der Waals surface area contributed by atoms with Gasteiger partial charge in [0.1, 0.15) is 9.84 Å². The second-order valence-electron chi connectivity index (χ2n) is 4.67. The maximum Gasteiger partial charge on any atom is 0.317 e. The molecule has 0 radical (unpaired) electrons. The molecule has 0 spiro atoms. The molecule has 5 nitrogen and oxygen atoms in total. The van der Waals surface area contributed by atoms with E-state index in [2.05, 4.69) is 12.2 Å². The van der Waals surface area contributed by atoms with Gasteiger partial charge in [0.25, 0.3) is 0 Å². The van der Waals surface area contributed by atoms with Gasteiger partial charge in [-0.1, -0.05) is 19.8 Å². The predicted molar refractivity (Wildman–Crippen MR) is 74.5 cm³/mol. The van der Waals surface area contributed by atoms with E-state index < -0.39 is 9.84 Å². The molecule has 0 rings (SSSR count). The van der Waals surface area contributed by atoms with E-state index in [9.17, 15) is 13.2 Å². The lowest BCUT2D eigenvalue weighted by atomic mass is 10.2. The lowest BCUT2D eigenvalue weighted by Gasteiger charge is -2.27. The van der Waals surface area contributed by atoms with Crippen LogP contribution in [-0.4, -0.2) is 50.5 Å². The number of unbranched alkanes of at least 4 members (excludes halogenated alkanes) is 2. The topological polar surface area (TPSA) is 66.5 Å². The SMILES string of the molecule is CCCCCNC(=O)N(CC)[C@@H](C)CS(C)(=O)=O. The van der Waals surface area contributed by atoms with Gasteiger partial charge in [0.15, 0.2) is 0 Å². The summed E-state index contributed by atoms with van der Waals surface area (Å²) in [6, 6.07) is -0.471. The summed E-state index contributed by atoms with van der Waals surface area (Å²) >= 11 is 0. The van der Waals surface area contributed by atoms with Gasteiger partial charge in [-0.3, -0.25) is 0 Å². The smallest absolute Gasteiger partial charge is 0.317 e. The molecule has 0 aromatic rings. The molecule has 0 heterocycles. The summed E-state index contributed by atoms with van der Waals surface area (Å²) in [5.41, 5.74) is 0. The summed E-state index contributed by atoms with van der Waals surface area (Å²) in [4.78, 5) is 13.4. The Hall–Kier alpha value is -0.780. The molecule has 1 atom stereocenters. The second-order valence-corrected chi connectivity index (χ2v) is 6.85. The summed E-state index contributed by atoms with van der Waals surface area (Å²) < 4.78 is 22.5. The zero-order valence-electron chi connectivity index (χ0n) is 11.9. The van der Waals surface area contributed by atoms with Gasteiger partial charge in [-0.05, 0) is 20.3 Å². The molecule has 0 aromatic heterocycles. The molecule has 0 aliphatic rings. The number of carbonyl (C=O) groups is 1. The van der Waals surface area contributed by atoms with Crippen molar-refractivity contribution in [2.45, 2.75) is 46.1 Å². The monoisotopic (exact) mass is 278 g/mol. The molecule has 18 heavy (non-hydrogen) atoms. The number of amides is 2. The van der Waals surface area contributed by atoms with Gasteiger partial charge in [0.2, 0.25) is 0 Å². The summed E-state index contributed by atoms with van der Waals surface area (Å²) in [5.74, 6) is 0.00319. The summed E-state index contributed by atoms with van der Waals surface area (Å²) in [7, 11) is -3.06. The van der Waals surface area contributed by atoms with Crippen LogP contribution >= 0.6 is 0 Å². The Morgan fingerprint density at radius 3 is 2.33 bits per heavy atom. The van der Waals surface area contributed by atoms with Crippen LogP contribution in [0.1, 0.15) is 40.0 Å². The molecule has 108 valence electrons. The predicted octanol–water partition coefficient (Wildman–Crippen LogP) is 1.64. The lowest BCUT2D eigenvalue weighted by molar-refractivity contribution is 0.187. The molecule has 0 bridgehead atoms. The first-order valence-electron chi connectivity index (χ1n) is 6.54. The van der Waals surface area contributed by atoms with Gasteiger partial charge in [-0.15, -0.1) is 0 Å². The number of sulfone groups is 1. The molecular weight excluding hydrogens is 252 g/mol. The number of hydrogen-bond acceptors (Lipinski definition) is 3. The molecule has 2 amide bonds.